The molecule has 0 spiro atoms. The third-order valence-electron chi connectivity index (χ3n) is 2.51. The highest BCUT2D eigenvalue weighted by Crippen LogP contribution is 2.23. The number of hydrogen-bond acceptors (Lipinski definition) is 4. The standard InChI is InChI=1S/C14H17N3O2/c1-4-19-13-12(10-16(2)3)14(18)17(15-13)11-8-6-5-7-9-11/h5-10H,4H2,1-3H3/b12-10-. The molecule has 0 aromatic heterocycles. The maximum atomic E-state index is 12.4. The lowest BCUT2D eigenvalue weighted by molar-refractivity contribution is -0.114. The molecule has 0 N–H and O–H groups in total. The summed E-state index contributed by atoms with van der Waals surface area (Å²) in [6.45, 7) is 2.34. The van der Waals surface area contributed by atoms with Crippen LogP contribution in [0, 0.1) is 0 Å². The molecule has 0 aliphatic carbocycles. The summed E-state index contributed by atoms with van der Waals surface area (Å²) >= 11 is 0. The Morgan fingerprint density at radius 3 is 2.58 bits per heavy atom. The van der Waals surface area contributed by atoms with Crippen molar-refractivity contribution in [3.63, 3.8) is 0 Å². The first-order valence-electron chi connectivity index (χ1n) is 6.13. The Kier molecular flexibility index (Phi) is 3.85. The predicted octanol–water partition coefficient (Wildman–Crippen LogP) is 1.83. The molecule has 0 radical (unpaired) electrons. The lowest BCUT2D eigenvalue weighted by Gasteiger charge is -2.11. The second kappa shape index (κ2) is 5.56. The molecule has 0 unspecified atom stereocenters. The van der Waals surface area contributed by atoms with Gasteiger partial charge in [-0.25, -0.2) is 0 Å². The van der Waals surface area contributed by atoms with Crippen LogP contribution >= 0.6 is 0 Å². The third-order valence-corrected chi connectivity index (χ3v) is 2.51. The van der Waals surface area contributed by atoms with E-state index in [9.17, 15) is 4.79 Å². The molecule has 5 heteroatoms. The van der Waals surface area contributed by atoms with Crippen molar-refractivity contribution < 1.29 is 9.53 Å². The van der Waals surface area contributed by atoms with E-state index in [2.05, 4.69) is 5.10 Å². The Balaban J connectivity index is 2.36. The zero-order valence-electron chi connectivity index (χ0n) is 11.3. The molecule has 1 aliphatic rings. The van der Waals surface area contributed by atoms with Gasteiger partial charge in [0.1, 0.15) is 5.57 Å². The molecule has 0 fully saturated rings. The first-order chi connectivity index (χ1) is 9.13. The molecular formula is C14H17N3O2. The third kappa shape index (κ3) is 2.76. The van der Waals surface area contributed by atoms with Crippen LogP contribution in [-0.2, 0) is 9.53 Å². The summed E-state index contributed by atoms with van der Waals surface area (Å²) in [7, 11) is 3.71. The van der Waals surface area contributed by atoms with Gasteiger partial charge in [0, 0.05) is 20.3 Å². The van der Waals surface area contributed by atoms with Crippen LogP contribution in [0.5, 0.6) is 0 Å². The molecule has 1 amide bonds. The SMILES string of the molecule is CCOC1=NN(c2ccccc2)C(=O)/C1=C\N(C)C. The molecule has 100 valence electrons. The van der Waals surface area contributed by atoms with Crippen molar-refractivity contribution in [1.29, 1.82) is 0 Å². The van der Waals surface area contributed by atoms with Gasteiger partial charge in [0.2, 0.25) is 5.90 Å². The van der Waals surface area contributed by atoms with Crippen molar-refractivity contribution in [1.82, 2.24) is 4.90 Å². The Labute approximate surface area is 112 Å². The summed E-state index contributed by atoms with van der Waals surface area (Å²) in [5, 5.41) is 5.61. The maximum absolute atomic E-state index is 12.4. The largest absolute Gasteiger partial charge is 0.476 e. The Bertz CT molecular complexity index is 521. The summed E-state index contributed by atoms with van der Waals surface area (Å²) in [6.07, 6.45) is 1.72. The van der Waals surface area contributed by atoms with Gasteiger partial charge < -0.3 is 9.64 Å². The van der Waals surface area contributed by atoms with Crippen LogP contribution in [0.2, 0.25) is 0 Å². The number of para-hydroxylation sites is 1. The monoisotopic (exact) mass is 259 g/mol. The fourth-order valence-corrected chi connectivity index (χ4v) is 1.75. The lowest BCUT2D eigenvalue weighted by Crippen LogP contribution is -2.22. The zero-order valence-corrected chi connectivity index (χ0v) is 11.3. The number of anilines is 1. The van der Waals surface area contributed by atoms with Gasteiger partial charge in [-0.2, -0.15) is 5.01 Å². The number of amides is 1. The highest BCUT2D eigenvalue weighted by molar-refractivity contribution is 6.27. The van der Waals surface area contributed by atoms with E-state index >= 15 is 0 Å². The summed E-state index contributed by atoms with van der Waals surface area (Å²) in [5.41, 5.74) is 1.20. The van der Waals surface area contributed by atoms with Crippen molar-refractivity contribution in [3.8, 4) is 0 Å². The number of hydrogen-bond donors (Lipinski definition) is 0. The van der Waals surface area contributed by atoms with Gasteiger partial charge in [0.05, 0.1) is 12.3 Å². The normalized spacial score (nSPS) is 16.8. The van der Waals surface area contributed by atoms with Crippen LogP contribution < -0.4 is 5.01 Å². The number of benzene rings is 1. The Hall–Kier alpha value is -2.30. The summed E-state index contributed by atoms with van der Waals surface area (Å²) in [5.74, 6) is 0.188. The first-order valence-corrected chi connectivity index (χ1v) is 6.13. The van der Waals surface area contributed by atoms with Crippen molar-refractivity contribution in [3.05, 3.63) is 42.1 Å². The van der Waals surface area contributed by atoms with Crippen LogP contribution in [0.25, 0.3) is 0 Å². The second-order valence-corrected chi connectivity index (χ2v) is 4.30. The molecular weight excluding hydrogens is 242 g/mol. The van der Waals surface area contributed by atoms with Crippen LogP contribution in [0.1, 0.15) is 6.92 Å². The number of rotatable bonds is 3. The fourth-order valence-electron chi connectivity index (χ4n) is 1.75. The molecule has 1 aliphatic heterocycles. The van der Waals surface area contributed by atoms with E-state index in [1.54, 1.807) is 11.1 Å². The highest BCUT2D eigenvalue weighted by atomic mass is 16.5. The molecule has 0 saturated carbocycles. The van der Waals surface area contributed by atoms with Gasteiger partial charge in [-0.05, 0) is 19.1 Å². The van der Waals surface area contributed by atoms with E-state index in [4.69, 9.17) is 4.74 Å². The zero-order chi connectivity index (χ0) is 13.8. The molecule has 0 bridgehead atoms. The van der Waals surface area contributed by atoms with E-state index in [1.165, 1.54) is 5.01 Å². The van der Waals surface area contributed by atoms with Gasteiger partial charge in [-0.15, -0.1) is 5.10 Å². The predicted molar refractivity (Wildman–Crippen MR) is 74.8 cm³/mol. The van der Waals surface area contributed by atoms with Gasteiger partial charge in [0.25, 0.3) is 5.91 Å². The van der Waals surface area contributed by atoms with Gasteiger partial charge in [-0.1, -0.05) is 18.2 Å². The lowest BCUT2D eigenvalue weighted by atomic mass is 10.2. The van der Waals surface area contributed by atoms with Crippen molar-refractivity contribution in [2.24, 2.45) is 5.10 Å². The molecule has 2 rings (SSSR count). The average Bonchev–Trinajstić information content (AvgIpc) is 2.69. The van der Waals surface area contributed by atoms with Crippen LogP contribution in [0.15, 0.2) is 47.2 Å². The molecule has 5 nitrogen and oxygen atoms in total. The van der Waals surface area contributed by atoms with Crippen LogP contribution in [-0.4, -0.2) is 37.4 Å². The van der Waals surface area contributed by atoms with Crippen molar-refractivity contribution in [2.75, 3.05) is 25.7 Å². The van der Waals surface area contributed by atoms with Gasteiger partial charge in [-0.3, -0.25) is 4.79 Å². The average molecular weight is 259 g/mol. The first kappa shape index (κ1) is 13.1. The number of carbonyl (C=O) groups is 1. The smallest absolute Gasteiger partial charge is 0.285 e. The van der Waals surface area contributed by atoms with Crippen molar-refractivity contribution in [2.45, 2.75) is 6.92 Å². The van der Waals surface area contributed by atoms with Crippen LogP contribution in [0.3, 0.4) is 0 Å². The number of hydrazone groups is 1. The molecule has 0 atom stereocenters. The molecule has 19 heavy (non-hydrogen) atoms. The summed E-state index contributed by atoms with van der Waals surface area (Å²) in [6, 6.07) is 9.30. The minimum atomic E-state index is -0.177. The maximum Gasteiger partial charge on any atom is 0.285 e. The number of carbonyl (C=O) groups excluding carboxylic acids is 1. The number of ether oxygens (including phenoxy) is 1. The van der Waals surface area contributed by atoms with Crippen molar-refractivity contribution >= 4 is 17.5 Å². The van der Waals surface area contributed by atoms with E-state index < -0.39 is 0 Å². The van der Waals surface area contributed by atoms with E-state index in [-0.39, 0.29) is 5.91 Å². The fraction of sp³-hybridized carbons (Fsp3) is 0.286. The minimum Gasteiger partial charge on any atom is -0.476 e. The molecule has 1 heterocycles. The summed E-state index contributed by atoms with van der Waals surface area (Å²) in [4.78, 5) is 14.2. The van der Waals surface area contributed by atoms with Crippen LogP contribution in [0.4, 0.5) is 5.69 Å². The minimum absolute atomic E-state index is 0.177. The second-order valence-electron chi connectivity index (χ2n) is 4.30. The van der Waals surface area contributed by atoms with E-state index in [0.29, 0.717) is 18.1 Å². The Morgan fingerprint density at radius 1 is 1.32 bits per heavy atom. The molecule has 0 saturated heterocycles. The molecule has 1 aromatic rings. The molecule has 1 aromatic carbocycles. The number of nitrogens with zero attached hydrogens (tertiary/aromatic N) is 3. The topological polar surface area (TPSA) is 45.1 Å². The Morgan fingerprint density at radius 2 is 2.00 bits per heavy atom. The van der Waals surface area contributed by atoms with E-state index in [0.717, 1.165) is 5.69 Å². The van der Waals surface area contributed by atoms with Gasteiger partial charge >= 0.3 is 0 Å². The summed E-state index contributed by atoms with van der Waals surface area (Å²) < 4.78 is 5.43. The van der Waals surface area contributed by atoms with Gasteiger partial charge in [0.15, 0.2) is 0 Å². The highest BCUT2D eigenvalue weighted by Gasteiger charge is 2.32. The quantitative estimate of drug-likeness (QED) is 0.778. The van der Waals surface area contributed by atoms with E-state index in [1.807, 2.05) is 51.4 Å².